The fraction of sp³-hybridized carbons (Fsp3) is 0.364. The molecule has 0 amide bonds. The minimum absolute atomic E-state index is 0.239. The van der Waals surface area contributed by atoms with Gasteiger partial charge in [0, 0.05) is 50.5 Å². The summed E-state index contributed by atoms with van der Waals surface area (Å²) in [6.07, 6.45) is 2.70. The van der Waals surface area contributed by atoms with Crippen LogP contribution in [0.4, 0.5) is 10.1 Å². The normalized spacial score (nSPS) is 15.1. The van der Waals surface area contributed by atoms with Crippen molar-refractivity contribution in [3.05, 3.63) is 66.1 Å². The van der Waals surface area contributed by atoms with E-state index >= 15 is 0 Å². The van der Waals surface area contributed by atoms with Gasteiger partial charge in [-0.3, -0.25) is 4.90 Å². The first-order valence-electron chi connectivity index (χ1n) is 9.88. The van der Waals surface area contributed by atoms with Crippen LogP contribution in [0.3, 0.4) is 0 Å². The van der Waals surface area contributed by atoms with Gasteiger partial charge in [-0.05, 0) is 37.1 Å². The molecular weight excluding hydrogens is 353 g/mol. The van der Waals surface area contributed by atoms with Gasteiger partial charge in [0.2, 0.25) is 0 Å². The first kappa shape index (κ1) is 18.6. The number of halogens is 1. The predicted octanol–water partition coefficient (Wildman–Crippen LogP) is 3.60. The molecule has 6 heteroatoms. The number of anilines is 1. The predicted molar refractivity (Wildman–Crippen MR) is 110 cm³/mol. The maximum Gasteiger partial charge on any atom is 0.123 e. The summed E-state index contributed by atoms with van der Waals surface area (Å²) in [6, 6.07) is 15.2. The highest BCUT2D eigenvalue weighted by molar-refractivity contribution is 5.58. The molecule has 4 rings (SSSR count). The average Bonchev–Trinajstić information content (AvgIpc) is 3.18. The van der Waals surface area contributed by atoms with E-state index in [0.29, 0.717) is 0 Å². The quantitative estimate of drug-likeness (QED) is 0.656. The molecule has 146 valence electrons. The van der Waals surface area contributed by atoms with Crippen LogP contribution < -0.4 is 4.90 Å². The Morgan fingerprint density at radius 3 is 2.57 bits per heavy atom. The molecule has 1 aliphatic heterocycles. The third-order valence-electron chi connectivity index (χ3n) is 5.41. The number of nitrogens with zero attached hydrogens (tertiary/aromatic N) is 5. The first-order chi connectivity index (χ1) is 13.7. The van der Waals surface area contributed by atoms with Gasteiger partial charge in [0.15, 0.2) is 0 Å². The fourth-order valence-corrected chi connectivity index (χ4v) is 3.87. The van der Waals surface area contributed by atoms with Gasteiger partial charge < -0.3 is 4.90 Å². The molecule has 2 aromatic carbocycles. The average molecular weight is 379 g/mol. The molecule has 0 radical (unpaired) electrons. The van der Waals surface area contributed by atoms with Gasteiger partial charge in [-0.15, -0.1) is 5.10 Å². The summed E-state index contributed by atoms with van der Waals surface area (Å²) in [7, 11) is 0. The highest BCUT2D eigenvalue weighted by atomic mass is 19.1. The highest BCUT2D eigenvalue weighted by Crippen LogP contribution is 2.21. The number of para-hydroxylation sites is 1. The lowest BCUT2D eigenvalue weighted by molar-refractivity contribution is 0.249. The van der Waals surface area contributed by atoms with Crippen LogP contribution in [-0.4, -0.2) is 52.6 Å². The molecule has 28 heavy (non-hydrogen) atoms. The van der Waals surface area contributed by atoms with Crippen molar-refractivity contribution in [2.45, 2.75) is 19.9 Å². The molecule has 1 aliphatic rings. The summed E-state index contributed by atoms with van der Waals surface area (Å²) >= 11 is 0. The maximum absolute atomic E-state index is 13.5. The Morgan fingerprint density at radius 1 is 0.964 bits per heavy atom. The molecule has 1 saturated heterocycles. The van der Waals surface area contributed by atoms with Crippen molar-refractivity contribution in [1.82, 2.24) is 19.9 Å². The zero-order valence-electron chi connectivity index (χ0n) is 16.3. The number of piperazine rings is 1. The fourth-order valence-electron chi connectivity index (χ4n) is 3.87. The first-order valence-corrected chi connectivity index (χ1v) is 9.88. The molecule has 0 unspecified atom stereocenters. The van der Waals surface area contributed by atoms with Crippen LogP contribution in [0.25, 0.3) is 11.3 Å². The topological polar surface area (TPSA) is 37.2 Å². The Morgan fingerprint density at radius 2 is 1.79 bits per heavy atom. The van der Waals surface area contributed by atoms with Crippen molar-refractivity contribution in [2.24, 2.45) is 0 Å². The third-order valence-corrected chi connectivity index (χ3v) is 5.41. The van der Waals surface area contributed by atoms with Gasteiger partial charge in [-0.2, -0.15) is 0 Å². The smallest absolute Gasteiger partial charge is 0.123 e. The summed E-state index contributed by atoms with van der Waals surface area (Å²) in [5.74, 6) is -0.239. The molecule has 5 nitrogen and oxygen atoms in total. The van der Waals surface area contributed by atoms with Crippen LogP contribution in [0, 0.1) is 12.7 Å². The molecule has 3 aromatic rings. The maximum atomic E-state index is 13.5. The van der Waals surface area contributed by atoms with Crippen molar-refractivity contribution in [3.63, 3.8) is 0 Å². The number of aryl methyl sites for hydroxylation is 2. The van der Waals surface area contributed by atoms with Crippen LogP contribution in [0.2, 0.25) is 0 Å². The molecule has 0 bridgehead atoms. The molecule has 1 aromatic heterocycles. The van der Waals surface area contributed by atoms with Gasteiger partial charge in [0.25, 0.3) is 0 Å². The van der Waals surface area contributed by atoms with Crippen molar-refractivity contribution >= 4 is 5.69 Å². The molecule has 0 aliphatic carbocycles. The minimum Gasteiger partial charge on any atom is -0.369 e. The van der Waals surface area contributed by atoms with Gasteiger partial charge in [0.1, 0.15) is 5.82 Å². The largest absolute Gasteiger partial charge is 0.369 e. The lowest BCUT2D eigenvalue weighted by Gasteiger charge is -2.36. The van der Waals surface area contributed by atoms with Gasteiger partial charge in [-0.1, -0.05) is 35.5 Å². The zero-order valence-corrected chi connectivity index (χ0v) is 16.3. The Bertz CT molecular complexity index is 915. The van der Waals surface area contributed by atoms with Crippen LogP contribution >= 0.6 is 0 Å². The van der Waals surface area contributed by atoms with Crippen LogP contribution in [0.15, 0.2) is 54.7 Å². The van der Waals surface area contributed by atoms with Crippen molar-refractivity contribution < 1.29 is 4.39 Å². The van der Waals surface area contributed by atoms with Crippen molar-refractivity contribution in [3.8, 4) is 11.3 Å². The van der Waals surface area contributed by atoms with E-state index in [1.807, 2.05) is 10.7 Å². The lowest BCUT2D eigenvalue weighted by Crippen LogP contribution is -2.47. The second-order valence-corrected chi connectivity index (χ2v) is 7.32. The summed E-state index contributed by atoms with van der Waals surface area (Å²) in [4.78, 5) is 4.98. The SMILES string of the molecule is Cc1ccccc1N1CCN(CCCn2nncc2-c2cccc(F)c2)CC1. The van der Waals surface area contributed by atoms with E-state index in [-0.39, 0.29) is 5.82 Å². The number of rotatable bonds is 6. The molecular formula is C22H26FN5. The van der Waals surface area contributed by atoms with E-state index in [1.54, 1.807) is 12.3 Å². The summed E-state index contributed by atoms with van der Waals surface area (Å²) in [6.45, 7) is 8.25. The minimum atomic E-state index is -0.239. The summed E-state index contributed by atoms with van der Waals surface area (Å²) < 4.78 is 15.4. The number of benzene rings is 2. The second-order valence-electron chi connectivity index (χ2n) is 7.32. The van der Waals surface area contributed by atoms with E-state index in [9.17, 15) is 4.39 Å². The van der Waals surface area contributed by atoms with E-state index in [2.05, 4.69) is 51.3 Å². The number of hydrogen-bond acceptors (Lipinski definition) is 4. The molecule has 0 atom stereocenters. The van der Waals surface area contributed by atoms with E-state index in [1.165, 1.54) is 23.4 Å². The van der Waals surface area contributed by atoms with Crippen molar-refractivity contribution in [2.75, 3.05) is 37.6 Å². The standard InChI is InChI=1S/C22H26FN5/c1-18-6-2-3-9-21(18)27-14-12-26(13-15-27)10-5-11-28-22(17-24-25-28)19-7-4-8-20(23)16-19/h2-4,6-9,16-17H,5,10-15H2,1H3. The Labute approximate surface area is 165 Å². The van der Waals surface area contributed by atoms with E-state index < -0.39 is 0 Å². The van der Waals surface area contributed by atoms with E-state index in [4.69, 9.17) is 0 Å². The molecule has 0 spiro atoms. The van der Waals surface area contributed by atoms with Gasteiger partial charge in [0.05, 0.1) is 11.9 Å². The second kappa shape index (κ2) is 8.52. The van der Waals surface area contributed by atoms with Crippen LogP contribution in [0.1, 0.15) is 12.0 Å². The van der Waals surface area contributed by atoms with Crippen LogP contribution in [-0.2, 0) is 6.54 Å². The van der Waals surface area contributed by atoms with Crippen LogP contribution in [0.5, 0.6) is 0 Å². The number of hydrogen-bond donors (Lipinski definition) is 0. The van der Waals surface area contributed by atoms with Gasteiger partial charge in [-0.25, -0.2) is 9.07 Å². The molecule has 0 N–H and O–H groups in total. The number of aromatic nitrogens is 3. The van der Waals surface area contributed by atoms with E-state index in [0.717, 1.165) is 56.9 Å². The Balaban J connectivity index is 1.28. The van der Waals surface area contributed by atoms with Crippen molar-refractivity contribution in [1.29, 1.82) is 0 Å². The summed E-state index contributed by atoms with van der Waals surface area (Å²) in [5.41, 5.74) is 4.37. The Hall–Kier alpha value is -2.73. The Kier molecular flexibility index (Phi) is 5.67. The third kappa shape index (κ3) is 4.22. The summed E-state index contributed by atoms with van der Waals surface area (Å²) in [5, 5.41) is 8.20. The zero-order chi connectivity index (χ0) is 19.3. The monoisotopic (exact) mass is 379 g/mol. The van der Waals surface area contributed by atoms with Gasteiger partial charge >= 0.3 is 0 Å². The molecule has 2 heterocycles. The highest BCUT2D eigenvalue weighted by Gasteiger charge is 2.18. The molecule has 0 saturated carbocycles. The molecule has 1 fully saturated rings. The lowest BCUT2D eigenvalue weighted by atomic mass is 10.1.